The van der Waals surface area contributed by atoms with Crippen LogP contribution in [-0.4, -0.2) is 58.4 Å². The van der Waals surface area contributed by atoms with E-state index in [-0.39, 0.29) is 6.54 Å². The van der Waals surface area contributed by atoms with Gasteiger partial charge in [-0.3, -0.25) is 19.3 Å². The number of hydrogen-bond acceptors (Lipinski definition) is 4. The third-order valence-corrected chi connectivity index (χ3v) is 4.37. The molecule has 0 saturated carbocycles. The van der Waals surface area contributed by atoms with Crippen LogP contribution in [0.1, 0.15) is 31.4 Å². The molecule has 1 fully saturated rings. The van der Waals surface area contributed by atoms with Crippen LogP contribution in [0.25, 0.3) is 0 Å². The van der Waals surface area contributed by atoms with Crippen molar-refractivity contribution < 1.29 is 24.3 Å². The molecule has 0 radical (unpaired) electrons. The largest absolute Gasteiger partial charge is 0.480 e. The minimum absolute atomic E-state index is 0.240. The first kappa shape index (κ1) is 19.4. The molecule has 2 N–H and O–H groups in total. The topological polar surface area (TPSA) is 107 Å². The first-order valence-electron chi connectivity index (χ1n) is 8.40. The van der Waals surface area contributed by atoms with E-state index >= 15 is 0 Å². The lowest BCUT2D eigenvalue weighted by Crippen LogP contribution is -2.46. The molecular formula is C18H23N3O5. The number of urea groups is 1. The van der Waals surface area contributed by atoms with E-state index in [4.69, 9.17) is 5.11 Å². The summed E-state index contributed by atoms with van der Waals surface area (Å²) in [5.41, 5.74) is 0.380. The fourth-order valence-electron chi connectivity index (χ4n) is 2.88. The van der Waals surface area contributed by atoms with E-state index in [9.17, 15) is 19.2 Å². The minimum Gasteiger partial charge on any atom is -0.480 e. The second kappa shape index (κ2) is 7.55. The third-order valence-electron chi connectivity index (χ3n) is 4.37. The van der Waals surface area contributed by atoms with Crippen LogP contribution in [0.2, 0.25) is 0 Å². The normalized spacial score (nSPS) is 19.4. The number of nitrogens with one attached hydrogen (secondary N) is 1. The molecule has 8 heteroatoms. The molecule has 2 rings (SSSR count). The van der Waals surface area contributed by atoms with Crippen molar-refractivity contribution in [2.75, 3.05) is 19.6 Å². The fraction of sp³-hybridized carbons (Fsp3) is 0.444. The molecular weight excluding hydrogens is 338 g/mol. The molecule has 8 nitrogen and oxygen atoms in total. The van der Waals surface area contributed by atoms with E-state index in [1.54, 1.807) is 19.1 Å². The molecule has 0 aromatic heterocycles. The molecule has 1 heterocycles. The second-order valence-corrected chi connectivity index (χ2v) is 6.52. The Morgan fingerprint density at radius 3 is 2.38 bits per heavy atom. The van der Waals surface area contributed by atoms with Gasteiger partial charge in [-0.25, -0.2) is 4.79 Å². The van der Waals surface area contributed by atoms with Crippen LogP contribution in [0.3, 0.4) is 0 Å². The van der Waals surface area contributed by atoms with Gasteiger partial charge in [-0.15, -0.1) is 0 Å². The number of rotatable bonds is 7. The fourth-order valence-corrected chi connectivity index (χ4v) is 2.88. The Morgan fingerprint density at radius 2 is 1.85 bits per heavy atom. The SMILES string of the molecule is CCCN(CC(=O)O)C(=O)CN1C(=O)NC(C)(c2ccc(C)cc2)C1=O. The molecule has 4 amide bonds. The van der Waals surface area contributed by atoms with E-state index in [1.165, 1.54) is 0 Å². The Morgan fingerprint density at radius 1 is 1.23 bits per heavy atom. The summed E-state index contributed by atoms with van der Waals surface area (Å²) in [6.07, 6.45) is 0.570. The van der Waals surface area contributed by atoms with Crippen LogP contribution in [0.5, 0.6) is 0 Å². The van der Waals surface area contributed by atoms with Crippen molar-refractivity contribution in [3.05, 3.63) is 35.4 Å². The standard InChI is InChI=1S/C18H23N3O5/c1-4-9-20(11-15(23)24)14(22)10-21-16(25)18(3,19-17(21)26)13-7-5-12(2)6-8-13/h5-8H,4,9-11H2,1-3H3,(H,19,26)(H,23,24). The average Bonchev–Trinajstić information content (AvgIpc) is 2.78. The van der Waals surface area contributed by atoms with Crippen LogP contribution < -0.4 is 5.32 Å². The Labute approximate surface area is 151 Å². The number of carbonyl (C=O) groups is 4. The molecule has 0 spiro atoms. The van der Waals surface area contributed by atoms with Crippen molar-refractivity contribution in [2.24, 2.45) is 0 Å². The van der Waals surface area contributed by atoms with Crippen molar-refractivity contribution in [3.8, 4) is 0 Å². The van der Waals surface area contributed by atoms with E-state index in [0.29, 0.717) is 12.0 Å². The number of nitrogens with zero attached hydrogens (tertiary/aromatic N) is 2. The van der Waals surface area contributed by atoms with Gasteiger partial charge in [-0.05, 0) is 25.8 Å². The van der Waals surface area contributed by atoms with Crippen molar-refractivity contribution in [2.45, 2.75) is 32.7 Å². The molecule has 1 unspecified atom stereocenters. The molecule has 0 aliphatic carbocycles. The molecule has 140 valence electrons. The number of imide groups is 1. The number of carboxylic acid groups (broad SMARTS) is 1. The van der Waals surface area contributed by atoms with Gasteiger partial charge in [0.05, 0.1) is 0 Å². The zero-order valence-corrected chi connectivity index (χ0v) is 15.1. The maximum atomic E-state index is 12.8. The quantitative estimate of drug-likeness (QED) is 0.707. The number of benzene rings is 1. The van der Waals surface area contributed by atoms with Crippen LogP contribution in [0, 0.1) is 6.92 Å². The summed E-state index contributed by atoms with van der Waals surface area (Å²) >= 11 is 0. The Bertz CT molecular complexity index is 731. The zero-order valence-electron chi connectivity index (χ0n) is 15.1. The molecule has 1 atom stereocenters. The Hall–Kier alpha value is -2.90. The number of hydrogen-bond donors (Lipinski definition) is 2. The predicted octanol–water partition coefficient (Wildman–Crippen LogP) is 1.09. The lowest BCUT2D eigenvalue weighted by Gasteiger charge is -2.24. The smallest absolute Gasteiger partial charge is 0.325 e. The van der Waals surface area contributed by atoms with Crippen LogP contribution in [-0.2, 0) is 19.9 Å². The van der Waals surface area contributed by atoms with Crippen molar-refractivity contribution in [1.82, 2.24) is 15.1 Å². The van der Waals surface area contributed by atoms with Gasteiger partial charge in [0.1, 0.15) is 18.6 Å². The highest BCUT2D eigenvalue weighted by atomic mass is 16.4. The highest BCUT2D eigenvalue weighted by molar-refractivity contribution is 6.09. The number of aryl methyl sites for hydroxylation is 1. The van der Waals surface area contributed by atoms with Gasteiger partial charge in [0, 0.05) is 6.54 Å². The number of amides is 4. The Kier molecular flexibility index (Phi) is 5.64. The molecule has 0 bridgehead atoms. The predicted molar refractivity (Wildman–Crippen MR) is 93.3 cm³/mol. The maximum absolute atomic E-state index is 12.8. The highest BCUT2D eigenvalue weighted by Gasteiger charge is 2.49. The van der Waals surface area contributed by atoms with Gasteiger partial charge in [-0.1, -0.05) is 36.8 Å². The van der Waals surface area contributed by atoms with Gasteiger partial charge >= 0.3 is 12.0 Å². The molecule has 1 aromatic rings. The molecule has 1 aromatic carbocycles. The molecule has 26 heavy (non-hydrogen) atoms. The number of carboxylic acids is 1. The van der Waals surface area contributed by atoms with Gasteiger partial charge in [0.2, 0.25) is 5.91 Å². The molecule has 1 saturated heterocycles. The van der Waals surface area contributed by atoms with Crippen molar-refractivity contribution in [3.63, 3.8) is 0 Å². The molecule has 1 aliphatic heterocycles. The van der Waals surface area contributed by atoms with Crippen LogP contribution in [0.15, 0.2) is 24.3 Å². The highest BCUT2D eigenvalue weighted by Crippen LogP contribution is 2.29. The van der Waals surface area contributed by atoms with Crippen molar-refractivity contribution in [1.29, 1.82) is 0 Å². The van der Waals surface area contributed by atoms with Crippen LogP contribution in [0.4, 0.5) is 4.79 Å². The monoisotopic (exact) mass is 361 g/mol. The number of carbonyl (C=O) groups excluding carboxylic acids is 3. The third kappa shape index (κ3) is 3.84. The summed E-state index contributed by atoms with van der Waals surface area (Å²) in [6, 6.07) is 6.52. The average molecular weight is 361 g/mol. The van der Waals surface area contributed by atoms with Gasteiger partial charge in [0.25, 0.3) is 5.91 Å². The summed E-state index contributed by atoms with van der Waals surface area (Å²) < 4.78 is 0. The first-order valence-corrected chi connectivity index (χ1v) is 8.40. The van der Waals surface area contributed by atoms with E-state index in [2.05, 4.69) is 5.32 Å². The van der Waals surface area contributed by atoms with Gasteiger partial charge in [0.15, 0.2) is 0 Å². The lowest BCUT2D eigenvalue weighted by molar-refractivity contribution is -0.145. The van der Waals surface area contributed by atoms with E-state index in [0.717, 1.165) is 15.4 Å². The summed E-state index contributed by atoms with van der Waals surface area (Å²) in [5.74, 6) is -2.26. The lowest BCUT2D eigenvalue weighted by atomic mass is 9.91. The summed E-state index contributed by atoms with van der Waals surface area (Å²) in [4.78, 5) is 50.4. The van der Waals surface area contributed by atoms with Crippen LogP contribution >= 0.6 is 0 Å². The van der Waals surface area contributed by atoms with E-state index < -0.39 is 42.4 Å². The first-order chi connectivity index (χ1) is 12.2. The van der Waals surface area contributed by atoms with Gasteiger partial charge < -0.3 is 15.3 Å². The van der Waals surface area contributed by atoms with Gasteiger partial charge in [-0.2, -0.15) is 0 Å². The second-order valence-electron chi connectivity index (χ2n) is 6.52. The number of aliphatic carboxylic acids is 1. The van der Waals surface area contributed by atoms with Crippen molar-refractivity contribution >= 4 is 23.8 Å². The molecule has 1 aliphatic rings. The summed E-state index contributed by atoms with van der Waals surface area (Å²) in [7, 11) is 0. The Balaban J connectivity index is 2.19. The zero-order chi connectivity index (χ0) is 19.5. The van der Waals surface area contributed by atoms with E-state index in [1.807, 2.05) is 26.0 Å². The maximum Gasteiger partial charge on any atom is 0.325 e. The summed E-state index contributed by atoms with van der Waals surface area (Å²) in [5, 5.41) is 11.6. The summed E-state index contributed by atoms with van der Waals surface area (Å²) in [6.45, 7) is 4.60. The minimum atomic E-state index is -1.26.